The van der Waals surface area contributed by atoms with Gasteiger partial charge in [0.2, 0.25) is 0 Å². The molecule has 0 aromatic heterocycles. The van der Waals surface area contributed by atoms with Crippen LogP contribution in [0.3, 0.4) is 0 Å². The largest absolute Gasteiger partial charge is 0.299 e. The van der Waals surface area contributed by atoms with Gasteiger partial charge in [-0.3, -0.25) is 9.59 Å². The SMILES string of the molecule is CC(C)C(=O)C(C)C(C)C(=O)C(C)C. The smallest absolute Gasteiger partial charge is 0.138 e. The van der Waals surface area contributed by atoms with Crippen molar-refractivity contribution in [1.82, 2.24) is 0 Å². The van der Waals surface area contributed by atoms with Crippen LogP contribution in [0.2, 0.25) is 0 Å². The van der Waals surface area contributed by atoms with E-state index in [1.807, 2.05) is 41.5 Å². The van der Waals surface area contributed by atoms with Crippen LogP contribution < -0.4 is 0 Å². The van der Waals surface area contributed by atoms with E-state index in [4.69, 9.17) is 0 Å². The van der Waals surface area contributed by atoms with Gasteiger partial charge in [-0.15, -0.1) is 0 Å². The lowest BCUT2D eigenvalue weighted by atomic mass is 9.81. The Kier molecular flexibility index (Phi) is 5.03. The van der Waals surface area contributed by atoms with Crippen molar-refractivity contribution in [3.05, 3.63) is 0 Å². The molecule has 0 saturated heterocycles. The minimum atomic E-state index is -0.148. The van der Waals surface area contributed by atoms with Crippen molar-refractivity contribution >= 4 is 11.6 Å². The van der Waals surface area contributed by atoms with Gasteiger partial charge in [-0.1, -0.05) is 41.5 Å². The standard InChI is InChI=1S/C12H22O2/c1-7(2)11(13)9(5)10(6)12(14)8(3)4/h7-10H,1-6H3. The van der Waals surface area contributed by atoms with E-state index in [9.17, 15) is 9.59 Å². The highest BCUT2D eigenvalue weighted by Crippen LogP contribution is 2.20. The second-order valence-corrected chi connectivity index (χ2v) is 4.69. The number of hydrogen-bond donors (Lipinski definition) is 0. The Morgan fingerprint density at radius 1 is 0.643 bits per heavy atom. The highest BCUT2D eigenvalue weighted by atomic mass is 16.1. The van der Waals surface area contributed by atoms with Crippen LogP contribution in [0.1, 0.15) is 41.5 Å². The summed E-state index contributed by atoms with van der Waals surface area (Å²) in [5.74, 6) is 0.118. The van der Waals surface area contributed by atoms with E-state index in [1.54, 1.807) is 0 Å². The van der Waals surface area contributed by atoms with Crippen molar-refractivity contribution in [2.75, 3.05) is 0 Å². The second-order valence-electron chi connectivity index (χ2n) is 4.69. The van der Waals surface area contributed by atoms with Gasteiger partial charge in [0.1, 0.15) is 11.6 Å². The van der Waals surface area contributed by atoms with Gasteiger partial charge >= 0.3 is 0 Å². The number of rotatable bonds is 5. The lowest BCUT2D eigenvalue weighted by Crippen LogP contribution is -2.30. The summed E-state index contributed by atoms with van der Waals surface area (Å²) >= 11 is 0. The highest BCUT2D eigenvalue weighted by Gasteiger charge is 2.28. The molecule has 2 nitrogen and oxygen atoms in total. The maximum absolute atomic E-state index is 11.7. The number of hydrogen-bond acceptors (Lipinski definition) is 2. The molecule has 0 amide bonds. The average Bonchev–Trinajstić information content (AvgIpc) is 2.12. The first-order valence-electron chi connectivity index (χ1n) is 5.36. The zero-order valence-corrected chi connectivity index (χ0v) is 10.1. The van der Waals surface area contributed by atoms with Gasteiger partial charge in [-0.05, 0) is 0 Å². The molecule has 0 aromatic rings. The molecule has 2 atom stereocenters. The molecule has 0 saturated carbocycles. The predicted molar refractivity (Wildman–Crippen MR) is 58.0 cm³/mol. The quantitative estimate of drug-likeness (QED) is 0.680. The van der Waals surface area contributed by atoms with Crippen molar-refractivity contribution in [2.24, 2.45) is 23.7 Å². The molecule has 0 aromatic carbocycles. The third kappa shape index (κ3) is 3.24. The summed E-state index contributed by atoms with van der Waals surface area (Å²) in [6.45, 7) is 11.2. The number of carbonyl (C=O) groups is 2. The van der Waals surface area contributed by atoms with Crippen LogP contribution in [0.15, 0.2) is 0 Å². The number of ketones is 2. The van der Waals surface area contributed by atoms with Crippen LogP contribution in [0, 0.1) is 23.7 Å². The fraction of sp³-hybridized carbons (Fsp3) is 0.833. The van der Waals surface area contributed by atoms with E-state index in [-0.39, 0.29) is 35.2 Å². The molecule has 0 heterocycles. The van der Waals surface area contributed by atoms with E-state index in [0.717, 1.165) is 0 Å². The van der Waals surface area contributed by atoms with Crippen molar-refractivity contribution in [1.29, 1.82) is 0 Å². The van der Waals surface area contributed by atoms with Crippen LogP contribution in [0.5, 0.6) is 0 Å². The highest BCUT2D eigenvalue weighted by molar-refractivity contribution is 5.90. The van der Waals surface area contributed by atoms with Crippen LogP contribution in [-0.2, 0) is 9.59 Å². The predicted octanol–water partition coefficient (Wildman–Crippen LogP) is 2.71. The molecule has 0 radical (unpaired) electrons. The van der Waals surface area contributed by atoms with Crippen molar-refractivity contribution in [3.63, 3.8) is 0 Å². The molecule has 0 aliphatic rings. The second kappa shape index (κ2) is 5.28. The minimum absolute atomic E-state index is 0.0208. The lowest BCUT2D eigenvalue weighted by molar-refractivity contribution is -0.134. The molecule has 0 fully saturated rings. The summed E-state index contributed by atoms with van der Waals surface area (Å²) in [7, 11) is 0. The fourth-order valence-electron chi connectivity index (χ4n) is 1.54. The van der Waals surface area contributed by atoms with E-state index < -0.39 is 0 Å². The Hall–Kier alpha value is -0.660. The van der Waals surface area contributed by atoms with Crippen LogP contribution >= 0.6 is 0 Å². The van der Waals surface area contributed by atoms with Gasteiger partial charge < -0.3 is 0 Å². The monoisotopic (exact) mass is 198 g/mol. The maximum atomic E-state index is 11.7. The van der Waals surface area contributed by atoms with Crippen molar-refractivity contribution in [2.45, 2.75) is 41.5 Å². The summed E-state index contributed by atoms with van der Waals surface area (Å²) < 4.78 is 0. The number of Topliss-reactive ketones (excluding diaryl/α,β-unsaturated/α-hetero) is 2. The fourth-order valence-corrected chi connectivity index (χ4v) is 1.54. The lowest BCUT2D eigenvalue weighted by Gasteiger charge is -2.20. The first-order valence-corrected chi connectivity index (χ1v) is 5.36. The molecule has 2 unspecified atom stereocenters. The zero-order valence-electron chi connectivity index (χ0n) is 10.1. The summed E-state index contributed by atoms with van der Waals surface area (Å²) in [6, 6.07) is 0. The van der Waals surface area contributed by atoms with Crippen LogP contribution in [0.4, 0.5) is 0 Å². The van der Waals surface area contributed by atoms with Crippen LogP contribution in [0.25, 0.3) is 0 Å². The third-order valence-electron chi connectivity index (χ3n) is 2.79. The minimum Gasteiger partial charge on any atom is -0.299 e. The molecule has 0 rings (SSSR count). The summed E-state index contributed by atoms with van der Waals surface area (Å²) in [4.78, 5) is 23.3. The van der Waals surface area contributed by atoms with Gasteiger partial charge in [0.25, 0.3) is 0 Å². The Labute approximate surface area is 87.1 Å². The molecule has 0 N–H and O–H groups in total. The van der Waals surface area contributed by atoms with E-state index in [0.29, 0.717) is 0 Å². The molecular weight excluding hydrogens is 176 g/mol. The Morgan fingerprint density at radius 3 is 1.00 bits per heavy atom. The zero-order chi connectivity index (χ0) is 11.5. The van der Waals surface area contributed by atoms with Crippen molar-refractivity contribution in [3.8, 4) is 0 Å². The maximum Gasteiger partial charge on any atom is 0.138 e. The molecule has 0 aliphatic carbocycles. The van der Waals surface area contributed by atoms with Crippen LogP contribution in [-0.4, -0.2) is 11.6 Å². The average molecular weight is 198 g/mol. The first kappa shape index (κ1) is 13.3. The number of carbonyl (C=O) groups excluding carboxylic acids is 2. The van der Waals surface area contributed by atoms with Gasteiger partial charge in [-0.25, -0.2) is 0 Å². The summed E-state index contributed by atoms with van der Waals surface area (Å²) in [6.07, 6.45) is 0. The molecule has 82 valence electrons. The van der Waals surface area contributed by atoms with Gasteiger partial charge in [0.05, 0.1) is 0 Å². The molecule has 0 aliphatic heterocycles. The first-order chi connectivity index (χ1) is 6.29. The Balaban J connectivity index is 4.46. The Morgan fingerprint density at radius 2 is 0.857 bits per heavy atom. The molecule has 2 heteroatoms. The molecule has 14 heavy (non-hydrogen) atoms. The normalized spacial score (nSPS) is 15.7. The van der Waals surface area contributed by atoms with Gasteiger partial charge in [-0.2, -0.15) is 0 Å². The molecule has 0 spiro atoms. The molecule has 0 bridgehead atoms. The summed E-state index contributed by atoms with van der Waals surface area (Å²) in [5, 5.41) is 0. The summed E-state index contributed by atoms with van der Waals surface area (Å²) in [5.41, 5.74) is 0. The van der Waals surface area contributed by atoms with E-state index in [2.05, 4.69) is 0 Å². The van der Waals surface area contributed by atoms with E-state index in [1.165, 1.54) is 0 Å². The van der Waals surface area contributed by atoms with E-state index >= 15 is 0 Å². The Bertz CT molecular complexity index is 192. The van der Waals surface area contributed by atoms with Gasteiger partial charge in [0.15, 0.2) is 0 Å². The third-order valence-corrected chi connectivity index (χ3v) is 2.79. The topological polar surface area (TPSA) is 34.1 Å². The van der Waals surface area contributed by atoms with Gasteiger partial charge in [0, 0.05) is 23.7 Å². The van der Waals surface area contributed by atoms with Crippen molar-refractivity contribution < 1.29 is 9.59 Å². The molecular formula is C12H22O2.